The standard InChI is InChI=1S/C18H14F6IN3O/c19-11-1-2-13(25)12(7-11)16(29)28-6-5-17(20,21)14(28)3-4-15-26-8-10(9-27-15)18(22,23)24/h1-2,7-9,14H,3-6H2/t14-/m1/s1. The molecule has 29 heavy (non-hydrogen) atoms. The smallest absolute Gasteiger partial charge is 0.329 e. The molecule has 1 amide bonds. The molecule has 2 heterocycles. The van der Waals surface area contributed by atoms with Crippen LogP contribution in [0.3, 0.4) is 0 Å². The number of nitrogens with zero attached hydrogens (tertiary/aromatic N) is 3. The fourth-order valence-corrected chi connectivity index (χ4v) is 3.71. The number of halogens is 7. The third-order valence-corrected chi connectivity index (χ3v) is 5.58. The third-order valence-electron chi connectivity index (χ3n) is 4.64. The van der Waals surface area contributed by atoms with Gasteiger partial charge in [0.15, 0.2) is 0 Å². The number of aryl methyl sites for hydroxylation is 1. The predicted octanol–water partition coefficient (Wildman–Crippen LogP) is 4.72. The molecule has 1 aromatic carbocycles. The number of likely N-dealkylation sites (tertiary alicyclic amines) is 1. The Morgan fingerprint density at radius 3 is 2.52 bits per heavy atom. The topological polar surface area (TPSA) is 46.1 Å². The molecule has 1 atom stereocenters. The van der Waals surface area contributed by atoms with Crippen LogP contribution in [0, 0.1) is 9.39 Å². The molecule has 0 N–H and O–H groups in total. The summed E-state index contributed by atoms with van der Waals surface area (Å²) in [6.45, 7) is -0.211. The van der Waals surface area contributed by atoms with Crippen molar-refractivity contribution in [3.05, 3.63) is 56.9 Å². The second-order valence-electron chi connectivity index (χ2n) is 6.57. The van der Waals surface area contributed by atoms with Gasteiger partial charge in [-0.2, -0.15) is 13.2 Å². The van der Waals surface area contributed by atoms with Crippen molar-refractivity contribution in [2.45, 2.75) is 37.4 Å². The Labute approximate surface area is 175 Å². The van der Waals surface area contributed by atoms with Crippen LogP contribution in [0.4, 0.5) is 26.3 Å². The van der Waals surface area contributed by atoms with Crippen LogP contribution < -0.4 is 0 Å². The number of carbonyl (C=O) groups excluding carboxylic acids is 1. The van der Waals surface area contributed by atoms with Crippen LogP contribution in [0.5, 0.6) is 0 Å². The summed E-state index contributed by atoms with van der Waals surface area (Å²) < 4.78 is 80.4. The Morgan fingerprint density at radius 1 is 1.24 bits per heavy atom. The van der Waals surface area contributed by atoms with Gasteiger partial charge in [-0.1, -0.05) is 0 Å². The summed E-state index contributed by atoms with van der Waals surface area (Å²) in [6, 6.07) is 2.05. The molecular weight excluding hydrogens is 515 g/mol. The van der Waals surface area contributed by atoms with Crippen LogP contribution >= 0.6 is 22.6 Å². The normalized spacial score (nSPS) is 18.9. The fraction of sp³-hybridized carbons (Fsp3) is 0.389. The minimum absolute atomic E-state index is 0.0147. The lowest BCUT2D eigenvalue weighted by Gasteiger charge is -2.28. The molecule has 0 radical (unpaired) electrons. The van der Waals surface area contributed by atoms with Crippen LogP contribution in [0.15, 0.2) is 30.6 Å². The Bertz CT molecular complexity index is 903. The lowest BCUT2D eigenvalue weighted by molar-refractivity contribution is -0.138. The molecule has 1 fully saturated rings. The summed E-state index contributed by atoms with van der Waals surface area (Å²) in [5.74, 6) is -4.59. The summed E-state index contributed by atoms with van der Waals surface area (Å²) >= 11 is 1.82. The van der Waals surface area contributed by atoms with E-state index in [9.17, 15) is 31.1 Å². The molecule has 1 saturated heterocycles. The summed E-state index contributed by atoms with van der Waals surface area (Å²) in [6.07, 6.45) is -4.34. The quantitative estimate of drug-likeness (QED) is 0.426. The van der Waals surface area contributed by atoms with Gasteiger partial charge in [0.2, 0.25) is 0 Å². The molecule has 1 aromatic heterocycles. The van der Waals surface area contributed by atoms with E-state index in [1.807, 2.05) is 22.6 Å². The Morgan fingerprint density at radius 2 is 1.90 bits per heavy atom. The first-order chi connectivity index (χ1) is 13.5. The van der Waals surface area contributed by atoms with Gasteiger partial charge >= 0.3 is 6.18 Å². The molecule has 0 spiro atoms. The SMILES string of the molecule is O=C(c1cc(F)ccc1I)N1CCC(F)(F)[C@H]1CCc1ncc(C(F)(F)F)cn1. The monoisotopic (exact) mass is 529 g/mol. The molecule has 0 unspecified atom stereocenters. The zero-order chi connectivity index (χ0) is 21.4. The van der Waals surface area contributed by atoms with E-state index in [0.29, 0.717) is 16.0 Å². The number of benzene rings is 1. The molecule has 11 heteroatoms. The van der Waals surface area contributed by atoms with Crippen molar-refractivity contribution in [3.63, 3.8) is 0 Å². The number of rotatable bonds is 4. The molecule has 4 nitrogen and oxygen atoms in total. The molecule has 0 saturated carbocycles. The lowest BCUT2D eigenvalue weighted by Crippen LogP contribution is -2.43. The minimum Gasteiger partial charge on any atom is -0.329 e. The van der Waals surface area contributed by atoms with Crippen molar-refractivity contribution < 1.29 is 31.1 Å². The Balaban J connectivity index is 1.77. The Kier molecular flexibility index (Phi) is 6.06. The minimum atomic E-state index is -4.59. The number of hydrogen-bond donors (Lipinski definition) is 0. The van der Waals surface area contributed by atoms with Gasteiger partial charge in [0.1, 0.15) is 11.6 Å². The lowest BCUT2D eigenvalue weighted by atomic mass is 10.0. The zero-order valence-corrected chi connectivity index (χ0v) is 16.8. The average molecular weight is 529 g/mol. The van der Waals surface area contributed by atoms with Gasteiger partial charge in [-0.25, -0.2) is 23.1 Å². The number of aromatic nitrogens is 2. The van der Waals surface area contributed by atoms with Crippen molar-refractivity contribution in [3.8, 4) is 0 Å². The van der Waals surface area contributed by atoms with Gasteiger partial charge in [0.05, 0.1) is 17.2 Å². The van der Waals surface area contributed by atoms with Crippen LogP contribution in [0.2, 0.25) is 0 Å². The van der Waals surface area contributed by atoms with Crippen LogP contribution in [0.25, 0.3) is 0 Å². The zero-order valence-electron chi connectivity index (χ0n) is 14.7. The van der Waals surface area contributed by atoms with E-state index in [1.165, 1.54) is 6.07 Å². The highest BCUT2D eigenvalue weighted by molar-refractivity contribution is 14.1. The van der Waals surface area contributed by atoms with E-state index in [2.05, 4.69) is 9.97 Å². The second-order valence-corrected chi connectivity index (χ2v) is 7.74. The van der Waals surface area contributed by atoms with Crippen molar-refractivity contribution in [1.82, 2.24) is 14.9 Å². The highest BCUT2D eigenvalue weighted by atomic mass is 127. The van der Waals surface area contributed by atoms with Crippen LogP contribution in [-0.4, -0.2) is 39.3 Å². The molecule has 0 bridgehead atoms. The van der Waals surface area contributed by atoms with Crippen molar-refractivity contribution >= 4 is 28.5 Å². The predicted molar refractivity (Wildman–Crippen MR) is 98.9 cm³/mol. The summed E-state index contributed by atoms with van der Waals surface area (Å²) in [5.41, 5.74) is -1.05. The van der Waals surface area contributed by atoms with Gasteiger partial charge in [-0.15, -0.1) is 0 Å². The number of hydrogen-bond acceptors (Lipinski definition) is 3. The first kappa shape index (κ1) is 21.8. The van der Waals surface area contributed by atoms with E-state index in [-0.39, 0.29) is 30.8 Å². The maximum atomic E-state index is 14.4. The van der Waals surface area contributed by atoms with E-state index in [1.54, 1.807) is 0 Å². The number of alkyl halides is 5. The molecule has 0 aliphatic carbocycles. The van der Waals surface area contributed by atoms with Crippen LogP contribution in [-0.2, 0) is 12.6 Å². The molecule has 1 aliphatic rings. The highest BCUT2D eigenvalue weighted by Gasteiger charge is 2.50. The molecule has 2 aromatic rings. The largest absolute Gasteiger partial charge is 0.419 e. The van der Waals surface area contributed by atoms with E-state index in [0.717, 1.165) is 17.0 Å². The van der Waals surface area contributed by atoms with Gasteiger partial charge in [0.25, 0.3) is 11.8 Å². The van der Waals surface area contributed by atoms with E-state index in [4.69, 9.17) is 0 Å². The van der Waals surface area contributed by atoms with Crippen molar-refractivity contribution in [2.75, 3.05) is 6.54 Å². The number of carbonyl (C=O) groups is 1. The second kappa shape index (κ2) is 8.07. The summed E-state index contributed by atoms with van der Waals surface area (Å²) in [5, 5.41) is 0. The van der Waals surface area contributed by atoms with Gasteiger partial charge in [0, 0.05) is 35.4 Å². The van der Waals surface area contributed by atoms with Crippen LogP contribution in [0.1, 0.15) is 34.6 Å². The molecule has 156 valence electrons. The maximum Gasteiger partial charge on any atom is 0.419 e. The number of amides is 1. The Hall–Kier alpha value is -1.92. The average Bonchev–Trinajstić information content (AvgIpc) is 2.95. The first-order valence-corrected chi connectivity index (χ1v) is 9.59. The molecular formula is C18H14F6IN3O. The van der Waals surface area contributed by atoms with Gasteiger partial charge in [-0.3, -0.25) is 4.79 Å². The first-order valence-electron chi connectivity index (χ1n) is 8.51. The summed E-state index contributed by atoms with van der Waals surface area (Å²) in [7, 11) is 0. The van der Waals surface area contributed by atoms with Gasteiger partial charge in [-0.05, 0) is 47.2 Å². The van der Waals surface area contributed by atoms with Crippen molar-refractivity contribution in [2.24, 2.45) is 0 Å². The molecule has 1 aliphatic heterocycles. The van der Waals surface area contributed by atoms with E-state index >= 15 is 0 Å². The maximum absolute atomic E-state index is 14.4. The van der Waals surface area contributed by atoms with E-state index < -0.39 is 41.8 Å². The molecule has 3 rings (SSSR count). The van der Waals surface area contributed by atoms with Gasteiger partial charge < -0.3 is 4.90 Å². The fourth-order valence-electron chi connectivity index (χ4n) is 3.14. The highest BCUT2D eigenvalue weighted by Crippen LogP contribution is 2.37. The third kappa shape index (κ3) is 4.81. The summed E-state index contributed by atoms with van der Waals surface area (Å²) in [4.78, 5) is 20.9. The van der Waals surface area contributed by atoms with Crippen molar-refractivity contribution in [1.29, 1.82) is 0 Å².